The lowest BCUT2D eigenvalue weighted by Crippen LogP contribution is -2.25. The average Bonchev–Trinajstić information content (AvgIpc) is 2.65. The maximum absolute atomic E-state index is 13.4. The van der Waals surface area contributed by atoms with Gasteiger partial charge in [-0.1, -0.05) is 18.6 Å². The van der Waals surface area contributed by atoms with Gasteiger partial charge in [0.2, 0.25) is 0 Å². The maximum Gasteiger partial charge on any atom is 0.251 e. The third-order valence-corrected chi connectivity index (χ3v) is 5.29. The Morgan fingerprint density at radius 3 is 2.57 bits per heavy atom. The zero-order valence-electron chi connectivity index (χ0n) is 15.6. The summed E-state index contributed by atoms with van der Waals surface area (Å²) in [5.41, 5.74) is 2.71. The normalized spacial score (nSPS) is 15.2. The smallest absolute Gasteiger partial charge is 0.251 e. The molecule has 0 amide bonds. The van der Waals surface area contributed by atoms with Gasteiger partial charge in [-0.15, -0.1) is 0 Å². The zero-order chi connectivity index (χ0) is 19.3. The molecule has 1 aliphatic rings. The number of nitrogens with zero attached hydrogens (tertiary/aromatic N) is 2. The van der Waals surface area contributed by atoms with Gasteiger partial charge in [-0.3, -0.25) is 9.78 Å². The fraction of sp³-hybridized carbons (Fsp3) is 0.318. The molecular weight excluding hydrogens is 355 g/mol. The lowest BCUT2D eigenvalue weighted by atomic mass is 9.85. The van der Waals surface area contributed by atoms with Gasteiger partial charge >= 0.3 is 0 Å². The minimum absolute atomic E-state index is 0.0858. The number of rotatable bonds is 7. The van der Waals surface area contributed by atoms with Crippen molar-refractivity contribution in [3.8, 4) is 0 Å². The fourth-order valence-corrected chi connectivity index (χ4v) is 3.46. The molecular formula is C22H23FN4O. The molecule has 6 heteroatoms. The maximum atomic E-state index is 13.4. The number of hydrogen-bond acceptors (Lipinski definition) is 4. The second-order valence-corrected chi connectivity index (χ2v) is 7.29. The van der Waals surface area contributed by atoms with Gasteiger partial charge in [0.05, 0.1) is 0 Å². The predicted molar refractivity (Wildman–Crippen MR) is 105 cm³/mol. The monoisotopic (exact) mass is 378 g/mol. The van der Waals surface area contributed by atoms with Crippen molar-refractivity contribution in [2.45, 2.75) is 44.2 Å². The first-order chi connectivity index (χ1) is 13.7. The van der Waals surface area contributed by atoms with Crippen molar-refractivity contribution in [1.29, 1.82) is 0 Å². The Hall–Kier alpha value is -2.86. The first kappa shape index (κ1) is 18.5. The summed E-state index contributed by atoms with van der Waals surface area (Å²) in [6, 6.07) is 11.9. The molecule has 1 fully saturated rings. The van der Waals surface area contributed by atoms with Crippen LogP contribution in [0.2, 0.25) is 0 Å². The SMILES string of the molecule is O=c1cc(C[C@@H](NCc2ccncc2)c2ccc(F)cc2)nc(C2CCC2)[nH]1. The van der Waals surface area contributed by atoms with Crippen molar-refractivity contribution in [3.05, 3.63) is 93.7 Å². The van der Waals surface area contributed by atoms with Crippen molar-refractivity contribution in [1.82, 2.24) is 20.3 Å². The molecule has 28 heavy (non-hydrogen) atoms. The average molecular weight is 378 g/mol. The summed E-state index contributed by atoms with van der Waals surface area (Å²) in [7, 11) is 0. The van der Waals surface area contributed by atoms with Gasteiger partial charge in [0.1, 0.15) is 11.6 Å². The van der Waals surface area contributed by atoms with Gasteiger partial charge in [-0.25, -0.2) is 9.37 Å². The van der Waals surface area contributed by atoms with Crippen LogP contribution in [0, 0.1) is 5.82 Å². The third-order valence-electron chi connectivity index (χ3n) is 5.29. The largest absolute Gasteiger partial charge is 0.310 e. The molecule has 0 spiro atoms. The fourth-order valence-electron chi connectivity index (χ4n) is 3.46. The van der Waals surface area contributed by atoms with Crippen molar-refractivity contribution < 1.29 is 4.39 Å². The van der Waals surface area contributed by atoms with E-state index in [2.05, 4.69) is 15.3 Å². The molecule has 0 aliphatic heterocycles. The summed E-state index contributed by atoms with van der Waals surface area (Å²) >= 11 is 0. The van der Waals surface area contributed by atoms with E-state index in [9.17, 15) is 9.18 Å². The van der Waals surface area contributed by atoms with Crippen LogP contribution in [0.4, 0.5) is 4.39 Å². The molecule has 2 heterocycles. The highest BCUT2D eigenvalue weighted by Gasteiger charge is 2.23. The highest BCUT2D eigenvalue weighted by atomic mass is 19.1. The lowest BCUT2D eigenvalue weighted by molar-refractivity contribution is 0.398. The van der Waals surface area contributed by atoms with Crippen LogP contribution in [0.5, 0.6) is 0 Å². The Labute approximate surface area is 163 Å². The van der Waals surface area contributed by atoms with Gasteiger partial charge < -0.3 is 10.3 Å². The standard InChI is InChI=1S/C22H23FN4O/c23-18-6-4-16(5-7-18)20(25-14-15-8-10-24-11-9-15)12-19-13-21(28)27-22(26-19)17-2-1-3-17/h4-11,13,17,20,25H,1-3,12,14H2,(H,26,27,28)/t20-/m1/s1. The molecule has 1 saturated carbocycles. The molecule has 1 aromatic carbocycles. The highest BCUT2D eigenvalue weighted by Crippen LogP contribution is 2.34. The third kappa shape index (κ3) is 4.51. The number of aromatic amines is 1. The summed E-state index contributed by atoms with van der Waals surface area (Å²) in [5, 5.41) is 3.51. The van der Waals surface area contributed by atoms with Gasteiger partial charge in [0.15, 0.2) is 0 Å². The Balaban J connectivity index is 1.57. The van der Waals surface area contributed by atoms with E-state index < -0.39 is 0 Å². The van der Waals surface area contributed by atoms with Crippen LogP contribution < -0.4 is 10.9 Å². The Morgan fingerprint density at radius 2 is 1.89 bits per heavy atom. The molecule has 2 aromatic heterocycles. The second kappa shape index (κ2) is 8.44. The van der Waals surface area contributed by atoms with Crippen LogP contribution in [-0.4, -0.2) is 15.0 Å². The van der Waals surface area contributed by atoms with Crippen LogP contribution in [0.15, 0.2) is 59.7 Å². The summed E-state index contributed by atoms with van der Waals surface area (Å²) in [4.78, 5) is 23.8. The number of halogens is 1. The minimum atomic E-state index is -0.266. The molecule has 1 aliphatic carbocycles. The summed E-state index contributed by atoms with van der Waals surface area (Å²) in [6.07, 6.45) is 7.41. The topological polar surface area (TPSA) is 70.7 Å². The van der Waals surface area contributed by atoms with Crippen molar-refractivity contribution in [2.24, 2.45) is 0 Å². The number of nitrogens with one attached hydrogen (secondary N) is 2. The number of hydrogen-bond donors (Lipinski definition) is 2. The van der Waals surface area contributed by atoms with Crippen molar-refractivity contribution >= 4 is 0 Å². The quantitative estimate of drug-likeness (QED) is 0.658. The van der Waals surface area contributed by atoms with Crippen LogP contribution in [0.3, 0.4) is 0 Å². The molecule has 3 aromatic rings. The predicted octanol–water partition coefficient (Wildman–Crippen LogP) is 3.65. The van der Waals surface area contributed by atoms with E-state index in [1.54, 1.807) is 30.6 Å². The van der Waals surface area contributed by atoms with E-state index in [1.807, 2.05) is 12.1 Å². The van der Waals surface area contributed by atoms with E-state index in [1.165, 1.54) is 18.6 Å². The molecule has 1 atom stereocenters. The first-order valence-corrected chi connectivity index (χ1v) is 9.65. The zero-order valence-corrected chi connectivity index (χ0v) is 15.6. The van der Waals surface area contributed by atoms with Crippen molar-refractivity contribution in [2.75, 3.05) is 0 Å². The van der Waals surface area contributed by atoms with Gasteiger partial charge in [-0.05, 0) is 48.2 Å². The van der Waals surface area contributed by atoms with E-state index >= 15 is 0 Å². The van der Waals surface area contributed by atoms with Gasteiger partial charge in [0, 0.05) is 49.1 Å². The molecule has 0 bridgehead atoms. The van der Waals surface area contributed by atoms with Crippen LogP contribution in [0.1, 0.15) is 53.9 Å². The number of aromatic nitrogens is 3. The van der Waals surface area contributed by atoms with Crippen LogP contribution in [-0.2, 0) is 13.0 Å². The van der Waals surface area contributed by atoms with Crippen LogP contribution in [0.25, 0.3) is 0 Å². The second-order valence-electron chi connectivity index (χ2n) is 7.29. The molecule has 0 unspecified atom stereocenters. The first-order valence-electron chi connectivity index (χ1n) is 9.65. The van der Waals surface area contributed by atoms with Gasteiger partial charge in [0.25, 0.3) is 5.56 Å². The molecule has 144 valence electrons. The van der Waals surface area contributed by atoms with Crippen LogP contribution >= 0.6 is 0 Å². The highest BCUT2D eigenvalue weighted by molar-refractivity contribution is 5.23. The molecule has 0 saturated heterocycles. The molecule has 4 rings (SSSR count). The summed E-state index contributed by atoms with van der Waals surface area (Å²) in [5.74, 6) is 0.889. The molecule has 2 N–H and O–H groups in total. The number of pyridine rings is 1. The summed E-state index contributed by atoms with van der Waals surface area (Å²) in [6.45, 7) is 0.642. The molecule has 0 radical (unpaired) electrons. The van der Waals surface area contributed by atoms with E-state index in [0.717, 1.165) is 35.5 Å². The summed E-state index contributed by atoms with van der Waals surface area (Å²) < 4.78 is 13.4. The van der Waals surface area contributed by atoms with E-state index in [-0.39, 0.29) is 17.4 Å². The molecule has 5 nitrogen and oxygen atoms in total. The number of H-pyrrole nitrogens is 1. The Bertz CT molecular complexity index is 968. The Kier molecular flexibility index (Phi) is 5.58. The Morgan fingerprint density at radius 1 is 1.14 bits per heavy atom. The van der Waals surface area contributed by atoms with Gasteiger partial charge in [-0.2, -0.15) is 0 Å². The minimum Gasteiger partial charge on any atom is -0.310 e. The van der Waals surface area contributed by atoms with E-state index in [0.29, 0.717) is 18.9 Å². The van der Waals surface area contributed by atoms with E-state index in [4.69, 9.17) is 4.98 Å². The van der Waals surface area contributed by atoms with Crippen molar-refractivity contribution in [3.63, 3.8) is 0 Å². The lowest BCUT2D eigenvalue weighted by Gasteiger charge is -2.25. The number of benzene rings is 1.